The molecule has 0 saturated heterocycles. The molecule has 0 aromatic heterocycles. The van der Waals surface area contributed by atoms with Crippen LogP contribution in [0.3, 0.4) is 0 Å². The van der Waals surface area contributed by atoms with E-state index in [9.17, 15) is 4.79 Å². The molecule has 2 unspecified atom stereocenters. The molecule has 0 aromatic carbocycles. The van der Waals surface area contributed by atoms with Crippen LogP contribution in [0.4, 0.5) is 0 Å². The highest BCUT2D eigenvalue weighted by Gasteiger charge is 2.35. The van der Waals surface area contributed by atoms with Crippen LogP contribution in [0.1, 0.15) is 60.8 Å². The van der Waals surface area contributed by atoms with Crippen molar-refractivity contribution < 1.29 is 4.79 Å². The van der Waals surface area contributed by atoms with Crippen LogP contribution < -0.4 is 0 Å². The van der Waals surface area contributed by atoms with E-state index in [1.807, 2.05) is 0 Å². The summed E-state index contributed by atoms with van der Waals surface area (Å²) < 4.78 is 0. The molecule has 0 aliphatic heterocycles. The van der Waals surface area contributed by atoms with Crippen molar-refractivity contribution in [2.24, 2.45) is 22.7 Å². The summed E-state index contributed by atoms with van der Waals surface area (Å²) in [7, 11) is 2.15. The third-order valence-corrected chi connectivity index (χ3v) is 4.26. The zero-order chi connectivity index (χ0) is 14.8. The maximum atomic E-state index is 12.1. The van der Waals surface area contributed by atoms with Crippen LogP contribution in [0.15, 0.2) is 0 Å². The maximum Gasteiger partial charge on any atom is 0.137 e. The van der Waals surface area contributed by atoms with Crippen LogP contribution in [0.25, 0.3) is 0 Å². The minimum atomic E-state index is 0.255. The molecule has 0 radical (unpaired) electrons. The van der Waals surface area contributed by atoms with E-state index in [2.05, 4.69) is 53.5 Å². The molecule has 2 heteroatoms. The molecule has 0 amide bonds. The number of carbonyl (C=O) groups is 1. The van der Waals surface area contributed by atoms with E-state index in [0.29, 0.717) is 22.5 Å². The highest BCUT2D eigenvalue weighted by molar-refractivity contribution is 5.82. The number of hydrogen-bond acceptors (Lipinski definition) is 2. The van der Waals surface area contributed by atoms with Crippen LogP contribution in [0.5, 0.6) is 0 Å². The Hall–Kier alpha value is -0.370. The Balaban J connectivity index is 2.58. The molecule has 1 fully saturated rings. The first-order valence-corrected chi connectivity index (χ1v) is 7.70. The zero-order valence-electron chi connectivity index (χ0n) is 14.0. The number of rotatable bonds is 3. The van der Waals surface area contributed by atoms with E-state index in [1.165, 1.54) is 0 Å². The first kappa shape index (κ1) is 16.7. The van der Waals surface area contributed by atoms with E-state index in [1.54, 1.807) is 0 Å². The van der Waals surface area contributed by atoms with Gasteiger partial charge < -0.3 is 4.90 Å². The Morgan fingerprint density at radius 3 is 2.21 bits per heavy atom. The molecule has 0 N–H and O–H groups in total. The van der Waals surface area contributed by atoms with Gasteiger partial charge in [0.2, 0.25) is 0 Å². The van der Waals surface area contributed by atoms with Gasteiger partial charge in [0, 0.05) is 25.4 Å². The monoisotopic (exact) mass is 267 g/mol. The first-order valence-electron chi connectivity index (χ1n) is 7.70. The van der Waals surface area contributed by atoms with Crippen LogP contribution >= 0.6 is 0 Å². The summed E-state index contributed by atoms with van der Waals surface area (Å²) in [6.45, 7) is 15.7. The van der Waals surface area contributed by atoms with Crippen molar-refractivity contribution in [3.05, 3.63) is 0 Å². The summed E-state index contributed by atoms with van der Waals surface area (Å²) in [6, 6.07) is 0. The lowest BCUT2D eigenvalue weighted by molar-refractivity contribution is -0.127. The van der Waals surface area contributed by atoms with E-state index >= 15 is 0 Å². The molecule has 19 heavy (non-hydrogen) atoms. The van der Waals surface area contributed by atoms with Crippen molar-refractivity contribution in [3.8, 4) is 0 Å². The van der Waals surface area contributed by atoms with Gasteiger partial charge >= 0.3 is 0 Å². The summed E-state index contributed by atoms with van der Waals surface area (Å²) in [6.07, 6.45) is 2.95. The minimum absolute atomic E-state index is 0.255. The second-order valence-electron chi connectivity index (χ2n) is 8.76. The topological polar surface area (TPSA) is 20.3 Å². The first-order chi connectivity index (χ1) is 8.49. The summed E-state index contributed by atoms with van der Waals surface area (Å²) in [5.74, 6) is 1.44. The molecule has 2 nitrogen and oxygen atoms in total. The predicted octanol–water partition coefficient (Wildman–Crippen LogP) is 4.00. The summed E-state index contributed by atoms with van der Waals surface area (Å²) >= 11 is 0. The number of nitrogens with zero attached hydrogens (tertiary/aromatic N) is 1. The van der Waals surface area contributed by atoms with Gasteiger partial charge in [0.05, 0.1) is 0 Å². The summed E-state index contributed by atoms with van der Waals surface area (Å²) in [5, 5.41) is 0. The maximum absolute atomic E-state index is 12.1. The predicted molar refractivity (Wildman–Crippen MR) is 82.2 cm³/mol. The van der Waals surface area contributed by atoms with Gasteiger partial charge in [0.25, 0.3) is 0 Å². The van der Waals surface area contributed by atoms with Crippen molar-refractivity contribution >= 4 is 5.78 Å². The fourth-order valence-corrected chi connectivity index (χ4v) is 3.33. The minimum Gasteiger partial charge on any atom is -0.305 e. The lowest BCUT2D eigenvalue weighted by atomic mass is 9.68. The fraction of sp³-hybridized carbons (Fsp3) is 0.941. The quantitative estimate of drug-likeness (QED) is 0.770. The SMILES string of the molecule is CN(CC1CC(C(C)(C)C)CCC1=O)CC(C)(C)C. The Labute approximate surface area is 119 Å². The zero-order valence-corrected chi connectivity index (χ0v) is 14.0. The molecule has 0 bridgehead atoms. The Morgan fingerprint density at radius 1 is 1.16 bits per heavy atom. The van der Waals surface area contributed by atoms with Crippen LogP contribution in [-0.2, 0) is 4.79 Å². The molecule has 2 atom stereocenters. The number of hydrogen-bond donors (Lipinski definition) is 0. The Kier molecular flexibility index (Phi) is 5.22. The molecular weight excluding hydrogens is 234 g/mol. The van der Waals surface area contributed by atoms with Gasteiger partial charge in [-0.3, -0.25) is 4.79 Å². The molecular formula is C17H33NO. The van der Waals surface area contributed by atoms with Crippen molar-refractivity contribution in [1.82, 2.24) is 4.90 Å². The highest BCUT2D eigenvalue weighted by Crippen LogP contribution is 2.39. The summed E-state index contributed by atoms with van der Waals surface area (Å²) in [5.41, 5.74) is 0.636. The van der Waals surface area contributed by atoms with Gasteiger partial charge in [-0.25, -0.2) is 0 Å². The number of ketones is 1. The third-order valence-electron chi connectivity index (χ3n) is 4.26. The van der Waals surface area contributed by atoms with Crippen molar-refractivity contribution in [3.63, 3.8) is 0 Å². The van der Waals surface area contributed by atoms with Crippen molar-refractivity contribution in [2.45, 2.75) is 60.8 Å². The molecule has 0 spiro atoms. The third kappa shape index (κ3) is 5.64. The second-order valence-corrected chi connectivity index (χ2v) is 8.76. The molecule has 0 aromatic rings. The molecule has 112 valence electrons. The fourth-order valence-electron chi connectivity index (χ4n) is 3.33. The van der Waals surface area contributed by atoms with Gasteiger partial charge in [-0.2, -0.15) is 0 Å². The highest BCUT2D eigenvalue weighted by atomic mass is 16.1. The van der Waals surface area contributed by atoms with E-state index in [0.717, 1.165) is 32.4 Å². The lowest BCUT2D eigenvalue weighted by Gasteiger charge is -2.38. The lowest BCUT2D eigenvalue weighted by Crippen LogP contribution is -2.40. The average Bonchev–Trinajstić information content (AvgIpc) is 2.16. The standard InChI is InChI=1S/C17H33NO/c1-16(2,3)12-18(7)11-13-10-14(17(4,5)6)8-9-15(13)19/h13-14H,8-12H2,1-7H3. The average molecular weight is 267 g/mol. The Bertz CT molecular complexity index is 308. The van der Waals surface area contributed by atoms with E-state index in [4.69, 9.17) is 0 Å². The van der Waals surface area contributed by atoms with Gasteiger partial charge in [-0.15, -0.1) is 0 Å². The number of carbonyl (C=O) groups excluding carboxylic acids is 1. The van der Waals surface area contributed by atoms with Crippen LogP contribution in [-0.4, -0.2) is 30.8 Å². The molecule has 1 saturated carbocycles. The van der Waals surface area contributed by atoms with Crippen LogP contribution in [0.2, 0.25) is 0 Å². The van der Waals surface area contributed by atoms with Crippen molar-refractivity contribution in [2.75, 3.05) is 20.1 Å². The smallest absolute Gasteiger partial charge is 0.137 e. The van der Waals surface area contributed by atoms with Crippen LogP contribution in [0, 0.1) is 22.7 Å². The largest absolute Gasteiger partial charge is 0.305 e. The molecule has 1 aliphatic carbocycles. The number of Topliss-reactive ketones (excluding diaryl/α,β-unsaturated/α-hetero) is 1. The van der Waals surface area contributed by atoms with Gasteiger partial charge in [-0.1, -0.05) is 41.5 Å². The molecule has 1 aliphatic rings. The Morgan fingerprint density at radius 2 is 1.74 bits per heavy atom. The van der Waals surface area contributed by atoms with E-state index < -0.39 is 0 Å². The van der Waals surface area contributed by atoms with Gasteiger partial charge in [-0.05, 0) is 36.6 Å². The molecule has 0 heterocycles. The second kappa shape index (κ2) is 5.95. The normalized spacial score (nSPS) is 26.0. The van der Waals surface area contributed by atoms with Gasteiger partial charge in [0.15, 0.2) is 0 Å². The molecule has 1 rings (SSSR count). The van der Waals surface area contributed by atoms with Crippen molar-refractivity contribution in [1.29, 1.82) is 0 Å². The summed E-state index contributed by atoms with van der Waals surface area (Å²) in [4.78, 5) is 14.5. The van der Waals surface area contributed by atoms with Gasteiger partial charge in [0.1, 0.15) is 5.78 Å². The van der Waals surface area contributed by atoms with E-state index in [-0.39, 0.29) is 5.92 Å².